The van der Waals surface area contributed by atoms with Crippen LogP contribution < -0.4 is 10.1 Å². The molecule has 0 saturated heterocycles. The second kappa shape index (κ2) is 6.38. The van der Waals surface area contributed by atoms with Crippen LogP contribution in [0.2, 0.25) is 0 Å². The van der Waals surface area contributed by atoms with E-state index in [1.54, 1.807) is 0 Å². The minimum atomic E-state index is -0.626. The molecule has 0 saturated carbocycles. The lowest BCUT2D eigenvalue weighted by molar-refractivity contribution is 0.382. The average molecular weight is 279 g/mol. The highest BCUT2D eigenvalue weighted by atomic mass is 19.1. The number of nitrogens with zero attached hydrogens (tertiary/aromatic N) is 2. The third-order valence-electron chi connectivity index (χ3n) is 2.84. The zero-order valence-electron chi connectivity index (χ0n) is 11.2. The van der Waals surface area contributed by atoms with Crippen LogP contribution in [0.1, 0.15) is 24.2 Å². The van der Waals surface area contributed by atoms with Crippen molar-refractivity contribution in [1.82, 2.24) is 15.3 Å². The number of nitrogens with one attached hydrogen (secondary N) is 1. The first kappa shape index (κ1) is 14.3. The first-order valence-electron chi connectivity index (χ1n) is 6.20. The Labute approximate surface area is 115 Å². The molecule has 1 aromatic heterocycles. The zero-order valence-corrected chi connectivity index (χ0v) is 11.2. The molecule has 0 fully saturated rings. The van der Waals surface area contributed by atoms with Crippen LogP contribution >= 0.6 is 0 Å². The molecule has 0 aliphatic heterocycles. The Hall–Kier alpha value is -2.08. The minimum absolute atomic E-state index is 0.172. The summed E-state index contributed by atoms with van der Waals surface area (Å²) in [6.45, 7) is 2.42. The standard InChI is InChI=1S/C14H15F2N3O/c1-3-17-12(10-8-9(15)4-5-11(10)16)13-14(20-2)19-7-6-18-13/h4-8,12,17H,3H2,1-2H3. The summed E-state index contributed by atoms with van der Waals surface area (Å²) in [6.07, 6.45) is 2.96. The molecule has 0 bridgehead atoms. The zero-order chi connectivity index (χ0) is 14.5. The molecule has 106 valence electrons. The van der Waals surface area contributed by atoms with Crippen molar-refractivity contribution >= 4 is 0 Å². The number of methoxy groups -OCH3 is 1. The quantitative estimate of drug-likeness (QED) is 0.913. The highest BCUT2D eigenvalue weighted by molar-refractivity contribution is 5.34. The van der Waals surface area contributed by atoms with Crippen molar-refractivity contribution in [3.05, 3.63) is 53.5 Å². The van der Waals surface area contributed by atoms with Crippen molar-refractivity contribution < 1.29 is 13.5 Å². The summed E-state index contributed by atoms with van der Waals surface area (Å²) in [6, 6.07) is 2.70. The average Bonchev–Trinajstić information content (AvgIpc) is 2.47. The van der Waals surface area contributed by atoms with Crippen LogP contribution in [0.25, 0.3) is 0 Å². The molecule has 2 rings (SSSR count). The summed E-state index contributed by atoms with van der Waals surface area (Å²) in [7, 11) is 1.46. The van der Waals surface area contributed by atoms with Gasteiger partial charge in [0.25, 0.3) is 0 Å². The third-order valence-corrected chi connectivity index (χ3v) is 2.84. The Balaban J connectivity index is 2.53. The van der Waals surface area contributed by atoms with Gasteiger partial charge in [-0.3, -0.25) is 4.98 Å². The molecule has 6 heteroatoms. The minimum Gasteiger partial charge on any atom is -0.480 e. The monoisotopic (exact) mass is 279 g/mol. The SMILES string of the molecule is CCNC(c1cc(F)ccc1F)c1nccnc1OC. The maximum Gasteiger partial charge on any atom is 0.237 e. The van der Waals surface area contributed by atoms with Crippen LogP contribution in [-0.4, -0.2) is 23.6 Å². The summed E-state index contributed by atoms with van der Waals surface area (Å²) in [5.74, 6) is -0.737. The lowest BCUT2D eigenvalue weighted by Gasteiger charge is -2.19. The predicted molar refractivity (Wildman–Crippen MR) is 70.5 cm³/mol. The lowest BCUT2D eigenvalue weighted by atomic mass is 10.0. The van der Waals surface area contributed by atoms with Crippen molar-refractivity contribution in [3.8, 4) is 5.88 Å². The Morgan fingerprint density at radius 2 is 2.00 bits per heavy atom. The number of benzene rings is 1. The summed E-state index contributed by atoms with van der Waals surface area (Å²) in [4.78, 5) is 8.21. The van der Waals surface area contributed by atoms with E-state index in [2.05, 4.69) is 15.3 Å². The number of rotatable bonds is 5. The summed E-state index contributed by atoms with van der Waals surface area (Å²) < 4.78 is 32.5. The first-order chi connectivity index (χ1) is 9.67. The van der Waals surface area contributed by atoms with Crippen molar-refractivity contribution in [3.63, 3.8) is 0 Å². The lowest BCUT2D eigenvalue weighted by Crippen LogP contribution is -2.25. The van der Waals surface area contributed by atoms with Gasteiger partial charge in [0.05, 0.1) is 13.2 Å². The Kier molecular flexibility index (Phi) is 4.57. The molecule has 1 heterocycles. The highest BCUT2D eigenvalue weighted by Crippen LogP contribution is 2.28. The second-order valence-corrected chi connectivity index (χ2v) is 4.11. The highest BCUT2D eigenvalue weighted by Gasteiger charge is 2.23. The van der Waals surface area contributed by atoms with Gasteiger partial charge in [0.15, 0.2) is 0 Å². The molecule has 1 atom stereocenters. The predicted octanol–water partition coefficient (Wildman–Crippen LogP) is 2.46. The van der Waals surface area contributed by atoms with Gasteiger partial charge in [-0.05, 0) is 24.7 Å². The second-order valence-electron chi connectivity index (χ2n) is 4.11. The van der Waals surface area contributed by atoms with Gasteiger partial charge in [0, 0.05) is 18.0 Å². The molecule has 0 spiro atoms. The third kappa shape index (κ3) is 2.91. The molecular weight excluding hydrogens is 264 g/mol. The van der Waals surface area contributed by atoms with E-state index in [0.29, 0.717) is 12.2 Å². The molecule has 1 aromatic carbocycles. The van der Waals surface area contributed by atoms with Crippen molar-refractivity contribution in [2.45, 2.75) is 13.0 Å². The topological polar surface area (TPSA) is 47.0 Å². The fraction of sp³-hybridized carbons (Fsp3) is 0.286. The van der Waals surface area contributed by atoms with E-state index in [1.807, 2.05) is 6.92 Å². The van der Waals surface area contributed by atoms with E-state index in [0.717, 1.165) is 18.2 Å². The Morgan fingerprint density at radius 3 is 2.70 bits per heavy atom. The maximum absolute atomic E-state index is 14.0. The normalized spacial score (nSPS) is 12.2. The summed E-state index contributed by atoms with van der Waals surface area (Å²) in [5.41, 5.74) is 0.590. The van der Waals surface area contributed by atoms with Crippen molar-refractivity contribution in [2.24, 2.45) is 0 Å². The molecule has 0 radical (unpaired) electrons. The van der Waals surface area contributed by atoms with Crippen molar-refractivity contribution in [1.29, 1.82) is 0 Å². The number of hydrogen-bond acceptors (Lipinski definition) is 4. The number of aromatic nitrogens is 2. The van der Waals surface area contributed by atoms with Gasteiger partial charge in [-0.25, -0.2) is 13.8 Å². The maximum atomic E-state index is 14.0. The molecule has 2 aromatic rings. The van der Waals surface area contributed by atoms with Crippen LogP contribution in [0.3, 0.4) is 0 Å². The summed E-state index contributed by atoms with van der Waals surface area (Å²) >= 11 is 0. The van der Waals surface area contributed by atoms with Crippen LogP contribution in [0.4, 0.5) is 8.78 Å². The van der Waals surface area contributed by atoms with Gasteiger partial charge in [0.2, 0.25) is 5.88 Å². The first-order valence-corrected chi connectivity index (χ1v) is 6.20. The van der Waals surface area contributed by atoms with E-state index >= 15 is 0 Å². The number of halogens is 2. The van der Waals surface area contributed by atoms with Crippen LogP contribution in [-0.2, 0) is 0 Å². The number of hydrogen-bond donors (Lipinski definition) is 1. The van der Waals surface area contributed by atoms with Gasteiger partial charge in [-0.15, -0.1) is 0 Å². The Morgan fingerprint density at radius 1 is 1.25 bits per heavy atom. The molecule has 1 N–H and O–H groups in total. The van der Waals surface area contributed by atoms with E-state index in [9.17, 15) is 8.78 Å². The molecule has 20 heavy (non-hydrogen) atoms. The fourth-order valence-electron chi connectivity index (χ4n) is 1.99. The van der Waals surface area contributed by atoms with Crippen LogP contribution in [0.5, 0.6) is 5.88 Å². The fourth-order valence-corrected chi connectivity index (χ4v) is 1.99. The van der Waals surface area contributed by atoms with Crippen molar-refractivity contribution in [2.75, 3.05) is 13.7 Å². The molecule has 0 aliphatic carbocycles. The van der Waals surface area contributed by atoms with Crippen LogP contribution in [0.15, 0.2) is 30.6 Å². The van der Waals surface area contributed by atoms with Gasteiger partial charge in [0.1, 0.15) is 17.3 Å². The van der Waals surface area contributed by atoms with E-state index in [-0.39, 0.29) is 11.4 Å². The van der Waals surface area contributed by atoms with Gasteiger partial charge < -0.3 is 10.1 Å². The van der Waals surface area contributed by atoms with E-state index in [1.165, 1.54) is 19.5 Å². The molecule has 0 amide bonds. The largest absolute Gasteiger partial charge is 0.480 e. The molecular formula is C14H15F2N3O. The summed E-state index contributed by atoms with van der Waals surface area (Å²) in [5, 5.41) is 3.07. The number of ether oxygens (including phenoxy) is 1. The van der Waals surface area contributed by atoms with E-state index < -0.39 is 17.7 Å². The molecule has 4 nitrogen and oxygen atoms in total. The molecule has 0 aliphatic rings. The molecule has 1 unspecified atom stereocenters. The van der Waals surface area contributed by atoms with Crippen LogP contribution in [0, 0.1) is 11.6 Å². The van der Waals surface area contributed by atoms with Gasteiger partial charge >= 0.3 is 0 Å². The van der Waals surface area contributed by atoms with Gasteiger partial charge in [-0.1, -0.05) is 6.92 Å². The Bertz CT molecular complexity index is 592. The van der Waals surface area contributed by atoms with Gasteiger partial charge in [-0.2, -0.15) is 0 Å². The van der Waals surface area contributed by atoms with E-state index in [4.69, 9.17) is 4.74 Å². The smallest absolute Gasteiger partial charge is 0.237 e.